The molecule has 1 unspecified atom stereocenters. The molecule has 1 saturated heterocycles. The summed E-state index contributed by atoms with van der Waals surface area (Å²) in [5.74, 6) is 3.62. The molecule has 0 amide bonds. The molecule has 1 N–H and O–H groups in total. The topological polar surface area (TPSA) is 29.9 Å². The number of nitrogens with one attached hydrogen (secondary N) is 1. The van der Waals surface area contributed by atoms with Gasteiger partial charge < -0.3 is 9.88 Å². The maximum atomic E-state index is 4.60. The fraction of sp³-hybridized carbons (Fsp3) is 0.769. The predicted octanol–water partition coefficient (Wildman–Crippen LogP) is 3.30. The van der Waals surface area contributed by atoms with Crippen LogP contribution in [0, 0.1) is 6.92 Å². The van der Waals surface area contributed by atoms with Gasteiger partial charge in [-0.1, -0.05) is 13.3 Å². The summed E-state index contributed by atoms with van der Waals surface area (Å²) < 4.78 is 2.28. The van der Waals surface area contributed by atoms with Crippen LogP contribution in [-0.4, -0.2) is 27.1 Å². The molecule has 1 fully saturated rings. The van der Waals surface area contributed by atoms with E-state index in [0.717, 1.165) is 18.2 Å². The Hall–Kier alpha value is -0.640. The first-order valence-corrected chi connectivity index (χ1v) is 7.83. The van der Waals surface area contributed by atoms with Gasteiger partial charge in [-0.2, -0.15) is 11.8 Å². The van der Waals surface area contributed by atoms with Crippen LogP contribution in [0.15, 0.2) is 6.20 Å². The van der Waals surface area contributed by atoms with Gasteiger partial charge in [0.1, 0.15) is 0 Å². The van der Waals surface area contributed by atoms with Crippen molar-refractivity contribution in [2.45, 2.75) is 52.1 Å². The highest BCUT2D eigenvalue weighted by molar-refractivity contribution is 7.99. The Kier molecular flexibility index (Phi) is 4.77. The Morgan fingerprint density at radius 3 is 3.18 bits per heavy atom. The van der Waals surface area contributed by atoms with E-state index in [1.807, 2.05) is 0 Å². The lowest BCUT2D eigenvalue weighted by Crippen LogP contribution is -2.27. The minimum Gasteiger partial charge on any atom is -0.352 e. The number of imidazole rings is 1. The Labute approximate surface area is 108 Å². The summed E-state index contributed by atoms with van der Waals surface area (Å²) in [6.45, 7) is 5.39. The summed E-state index contributed by atoms with van der Waals surface area (Å²) in [7, 11) is 0. The lowest BCUT2D eigenvalue weighted by molar-refractivity contribution is 0.619. The van der Waals surface area contributed by atoms with E-state index in [-0.39, 0.29) is 0 Å². The maximum absolute atomic E-state index is 4.60. The minimum atomic E-state index is 0.607. The third-order valence-electron chi connectivity index (χ3n) is 3.14. The minimum absolute atomic E-state index is 0.607. The van der Waals surface area contributed by atoms with Crippen LogP contribution in [0.1, 0.15) is 38.3 Å². The number of unbranched alkanes of at least 4 members (excludes halogenated alkanes) is 1. The lowest BCUT2D eigenvalue weighted by atomic mass is 10.2. The van der Waals surface area contributed by atoms with E-state index in [0.29, 0.717) is 6.04 Å². The molecule has 0 radical (unpaired) electrons. The number of thioether (sulfide) groups is 1. The molecular formula is C13H23N3S. The third-order valence-corrected chi connectivity index (χ3v) is 4.36. The quantitative estimate of drug-likeness (QED) is 0.873. The van der Waals surface area contributed by atoms with Gasteiger partial charge in [-0.25, -0.2) is 4.98 Å². The van der Waals surface area contributed by atoms with Gasteiger partial charge in [-0.05, 0) is 31.9 Å². The molecule has 1 aliphatic rings. The molecule has 1 aliphatic heterocycles. The van der Waals surface area contributed by atoms with E-state index in [2.05, 4.69) is 46.7 Å². The number of rotatable bonds is 5. The normalized spacial score (nSPS) is 20.5. The second-order valence-corrected chi connectivity index (χ2v) is 5.96. The maximum Gasteiger partial charge on any atom is 0.203 e. The van der Waals surface area contributed by atoms with Crippen LogP contribution in [0.2, 0.25) is 0 Å². The van der Waals surface area contributed by atoms with Crippen molar-refractivity contribution < 1.29 is 0 Å². The molecule has 0 bridgehead atoms. The van der Waals surface area contributed by atoms with Crippen LogP contribution in [0.4, 0.5) is 5.95 Å². The summed E-state index contributed by atoms with van der Waals surface area (Å²) in [4.78, 5) is 4.60. The SMILES string of the molecule is CCCCn1cc(C)nc1NC1CCCSC1. The molecule has 1 atom stereocenters. The van der Waals surface area contributed by atoms with Gasteiger partial charge in [0.05, 0.1) is 5.69 Å². The Morgan fingerprint density at radius 2 is 2.47 bits per heavy atom. The average Bonchev–Trinajstić information content (AvgIpc) is 2.68. The Bertz CT molecular complexity index is 342. The van der Waals surface area contributed by atoms with Gasteiger partial charge >= 0.3 is 0 Å². The summed E-state index contributed by atoms with van der Waals surface area (Å²) >= 11 is 2.05. The van der Waals surface area contributed by atoms with Crippen molar-refractivity contribution in [2.24, 2.45) is 0 Å². The van der Waals surface area contributed by atoms with E-state index in [4.69, 9.17) is 0 Å². The number of hydrogen-bond donors (Lipinski definition) is 1. The monoisotopic (exact) mass is 253 g/mol. The van der Waals surface area contributed by atoms with Crippen LogP contribution in [0.3, 0.4) is 0 Å². The average molecular weight is 253 g/mol. The highest BCUT2D eigenvalue weighted by Crippen LogP contribution is 2.21. The number of nitrogens with zero attached hydrogens (tertiary/aromatic N) is 2. The van der Waals surface area contributed by atoms with Gasteiger partial charge in [-0.3, -0.25) is 0 Å². The van der Waals surface area contributed by atoms with Gasteiger partial charge in [0.15, 0.2) is 0 Å². The molecule has 17 heavy (non-hydrogen) atoms. The van der Waals surface area contributed by atoms with Crippen molar-refractivity contribution in [1.82, 2.24) is 9.55 Å². The fourth-order valence-corrected chi connectivity index (χ4v) is 3.27. The van der Waals surface area contributed by atoms with Crippen LogP contribution in [0.5, 0.6) is 0 Å². The zero-order chi connectivity index (χ0) is 12.1. The Balaban J connectivity index is 1.97. The summed E-state index contributed by atoms with van der Waals surface area (Å²) in [6.07, 6.45) is 7.23. The molecule has 0 aliphatic carbocycles. The lowest BCUT2D eigenvalue weighted by Gasteiger charge is -2.23. The molecule has 3 nitrogen and oxygen atoms in total. The Morgan fingerprint density at radius 1 is 1.59 bits per heavy atom. The highest BCUT2D eigenvalue weighted by atomic mass is 32.2. The first-order valence-electron chi connectivity index (χ1n) is 6.67. The van der Waals surface area contributed by atoms with E-state index in [1.54, 1.807) is 0 Å². The van der Waals surface area contributed by atoms with Crippen molar-refractivity contribution in [3.63, 3.8) is 0 Å². The number of anilines is 1. The molecule has 4 heteroatoms. The molecule has 0 saturated carbocycles. The smallest absolute Gasteiger partial charge is 0.203 e. The fourth-order valence-electron chi connectivity index (χ4n) is 2.20. The first kappa shape index (κ1) is 12.8. The van der Waals surface area contributed by atoms with Crippen LogP contribution in [0.25, 0.3) is 0 Å². The van der Waals surface area contributed by atoms with E-state index in [1.165, 1.54) is 37.2 Å². The van der Waals surface area contributed by atoms with E-state index < -0.39 is 0 Å². The van der Waals surface area contributed by atoms with Gasteiger partial charge in [0.25, 0.3) is 0 Å². The van der Waals surface area contributed by atoms with E-state index in [9.17, 15) is 0 Å². The molecule has 2 heterocycles. The summed E-state index contributed by atoms with van der Waals surface area (Å²) in [5.41, 5.74) is 1.12. The van der Waals surface area contributed by atoms with Crippen LogP contribution >= 0.6 is 11.8 Å². The number of aryl methyl sites for hydroxylation is 2. The molecule has 0 aromatic carbocycles. The number of hydrogen-bond acceptors (Lipinski definition) is 3. The summed E-state index contributed by atoms with van der Waals surface area (Å²) in [6, 6.07) is 0.607. The standard InChI is InChI=1S/C13H23N3S/c1-3-4-7-16-9-11(2)14-13(16)15-12-6-5-8-17-10-12/h9,12H,3-8,10H2,1-2H3,(H,14,15). The van der Waals surface area contributed by atoms with Crippen LogP contribution in [-0.2, 0) is 6.54 Å². The first-order chi connectivity index (χ1) is 8.29. The highest BCUT2D eigenvalue weighted by Gasteiger charge is 2.15. The molecule has 1 aromatic rings. The van der Waals surface area contributed by atoms with Crippen molar-refractivity contribution in [1.29, 1.82) is 0 Å². The summed E-state index contributed by atoms with van der Waals surface area (Å²) in [5, 5.41) is 3.61. The van der Waals surface area contributed by atoms with Gasteiger partial charge in [0, 0.05) is 24.5 Å². The van der Waals surface area contributed by atoms with Crippen molar-refractivity contribution in [2.75, 3.05) is 16.8 Å². The second kappa shape index (κ2) is 6.34. The van der Waals surface area contributed by atoms with Crippen molar-refractivity contribution in [3.8, 4) is 0 Å². The zero-order valence-electron chi connectivity index (χ0n) is 10.9. The third kappa shape index (κ3) is 3.66. The molecular weight excluding hydrogens is 230 g/mol. The molecule has 1 aromatic heterocycles. The molecule has 96 valence electrons. The molecule has 2 rings (SSSR count). The molecule has 0 spiro atoms. The largest absolute Gasteiger partial charge is 0.352 e. The van der Waals surface area contributed by atoms with E-state index >= 15 is 0 Å². The van der Waals surface area contributed by atoms with Crippen LogP contribution < -0.4 is 5.32 Å². The predicted molar refractivity (Wildman–Crippen MR) is 75.8 cm³/mol. The number of aromatic nitrogens is 2. The second-order valence-electron chi connectivity index (χ2n) is 4.81. The van der Waals surface area contributed by atoms with Crippen molar-refractivity contribution >= 4 is 17.7 Å². The van der Waals surface area contributed by atoms with Crippen molar-refractivity contribution in [3.05, 3.63) is 11.9 Å². The zero-order valence-corrected chi connectivity index (χ0v) is 11.7. The van der Waals surface area contributed by atoms with Gasteiger partial charge in [-0.15, -0.1) is 0 Å². The van der Waals surface area contributed by atoms with Gasteiger partial charge in [0.2, 0.25) is 5.95 Å².